The third kappa shape index (κ3) is 4.49. The summed E-state index contributed by atoms with van der Waals surface area (Å²) >= 11 is 0. The van der Waals surface area contributed by atoms with E-state index in [0.29, 0.717) is 19.8 Å². The van der Waals surface area contributed by atoms with Crippen molar-refractivity contribution >= 4 is 5.69 Å². The Morgan fingerprint density at radius 1 is 1.03 bits per heavy atom. The highest BCUT2D eigenvalue weighted by molar-refractivity contribution is 5.64. The third-order valence-electron chi connectivity index (χ3n) is 5.83. The maximum absolute atomic E-state index is 11.1. The van der Waals surface area contributed by atoms with Gasteiger partial charge in [-0.05, 0) is 48.9 Å². The summed E-state index contributed by atoms with van der Waals surface area (Å²) in [6.45, 7) is 3.78. The second-order valence-electron chi connectivity index (χ2n) is 8.09. The van der Waals surface area contributed by atoms with Crippen LogP contribution in [-0.4, -0.2) is 27.9 Å². The van der Waals surface area contributed by atoms with Gasteiger partial charge in [0.2, 0.25) is 0 Å². The maximum Gasteiger partial charge on any atom is 0.269 e. The lowest BCUT2D eigenvalue weighted by Gasteiger charge is -2.21. The molecular weight excluding hydrogens is 432 g/mol. The number of para-hydroxylation sites is 1. The number of aromatic nitrogens is 2. The van der Waals surface area contributed by atoms with Gasteiger partial charge in [-0.3, -0.25) is 10.1 Å². The molecule has 1 aromatic heterocycles. The molecule has 2 heterocycles. The van der Waals surface area contributed by atoms with Crippen molar-refractivity contribution in [2.24, 2.45) is 0 Å². The van der Waals surface area contributed by atoms with Crippen LogP contribution < -0.4 is 14.8 Å². The lowest BCUT2D eigenvalue weighted by Crippen LogP contribution is -2.19. The van der Waals surface area contributed by atoms with Crippen molar-refractivity contribution in [2.75, 3.05) is 13.2 Å². The number of nitrogens with one attached hydrogen (secondary N) is 1. The van der Waals surface area contributed by atoms with Crippen molar-refractivity contribution in [1.29, 1.82) is 0 Å². The van der Waals surface area contributed by atoms with Gasteiger partial charge in [0.15, 0.2) is 11.5 Å². The van der Waals surface area contributed by atoms with Crippen LogP contribution in [0.2, 0.25) is 0 Å². The molecule has 8 heteroatoms. The van der Waals surface area contributed by atoms with Crippen LogP contribution in [-0.2, 0) is 6.54 Å². The number of nitro groups is 1. The van der Waals surface area contributed by atoms with Crippen LogP contribution >= 0.6 is 0 Å². The van der Waals surface area contributed by atoms with Gasteiger partial charge >= 0.3 is 0 Å². The SMILES string of the molecule is CC(NCc1cn(-c2ccccc2)nc1-c1ccc([N+](=O)[O-])cc1)c1ccc2c(c1)OCCO2. The zero-order valence-electron chi connectivity index (χ0n) is 18.7. The van der Waals surface area contributed by atoms with Crippen molar-refractivity contribution in [3.05, 3.63) is 100 Å². The van der Waals surface area contributed by atoms with Gasteiger partial charge in [-0.15, -0.1) is 0 Å². The summed E-state index contributed by atoms with van der Waals surface area (Å²) in [4.78, 5) is 10.7. The Morgan fingerprint density at radius 2 is 1.76 bits per heavy atom. The van der Waals surface area contributed by atoms with Gasteiger partial charge in [0.05, 0.1) is 16.3 Å². The van der Waals surface area contributed by atoms with E-state index in [1.54, 1.807) is 12.1 Å². The van der Waals surface area contributed by atoms with E-state index in [2.05, 4.69) is 12.2 Å². The molecule has 0 radical (unpaired) electrons. The summed E-state index contributed by atoms with van der Waals surface area (Å²) in [6.07, 6.45) is 2.00. The summed E-state index contributed by atoms with van der Waals surface area (Å²) in [7, 11) is 0. The van der Waals surface area contributed by atoms with Gasteiger partial charge in [-0.2, -0.15) is 5.10 Å². The Morgan fingerprint density at radius 3 is 2.50 bits per heavy atom. The molecule has 1 N–H and O–H groups in total. The first kappa shape index (κ1) is 21.7. The Kier molecular flexibility index (Phi) is 5.97. The molecule has 0 saturated carbocycles. The van der Waals surface area contributed by atoms with Crippen molar-refractivity contribution in [2.45, 2.75) is 19.5 Å². The third-order valence-corrected chi connectivity index (χ3v) is 5.83. The van der Waals surface area contributed by atoms with Crippen LogP contribution in [0, 0.1) is 10.1 Å². The highest BCUT2D eigenvalue weighted by atomic mass is 16.6. The van der Waals surface area contributed by atoms with Crippen LogP contribution in [0.25, 0.3) is 16.9 Å². The molecule has 172 valence electrons. The minimum Gasteiger partial charge on any atom is -0.486 e. The maximum atomic E-state index is 11.1. The van der Waals surface area contributed by atoms with Crippen molar-refractivity contribution in [3.8, 4) is 28.4 Å². The highest BCUT2D eigenvalue weighted by Crippen LogP contribution is 2.33. The summed E-state index contributed by atoms with van der Waals surface area (Å²) in [5, 5.41) is 19.4. The summed E-state index contributed by atoms with van der Waals surface area (Å²) < 4.78 is 13.2. The molecular formula is C26H24N4O4. The second kappa shape index (κ2) is 9.36. The van der Waals surface area contributed by atoms with Crippen molar-refractivity contribution in [3.63, 3.8) is 0 Å². The lowest BCUT2D eigenvalue weighted by atomic mass is 10.1. The average Bonchev–Trinajstić information content (AvgIpc) is 3.32. The van der Waals surface area contributed by atoms with E-state index >= 15 is 0 Å². The fraction of sp³-hybridized carbons (Fsp3) is 0.192. The Balaban J connectivity index is 1.41. The summed E-state index contributed by atoms with van der Waals surface area (Å²) in [5.74, 6) is 1.53. The lowest BCUT2D eigenvalue weighted by molar-refractivity contribution is -0.384. The molecule has 1 aliphatic rings. The van der Waals surface area contributed by atoms with Crippen LogP contribution in [0.15, 0.2) is 79.0 Å². The summed E-state index contributed by atoms with van der Waals surface area (Å²) in [5.41, 5.74) is 4.68. The quantitative estimate of drug-likeness (QED) is 0.308. The fourth-order valence-electron chi connectivity index (χ4n) is 3.95. The Bertz CT molecular complexity index is 1300. The molecule has 1 atom stereocenters. The second-order valence-corrected chi connectivity index (χ2v) is 8.09. The van der Waals surface area contributed by atoms with Crippen LogP contribution in [0.3, 0.4) is 0 Å². The zero-order chi connectivity index (χ0) is 23.5. The first-order valence-corrected chi connectivity index (χ1v) is 11.1. The predicted octanol–water partition coefficient (Wildman–Crippen LogP) is 5.07. The molecule has 0 aliphatic carbocycles. The minimum atomic E-state index is -0.399. The van der Waals surface area contributed by atoms with Gasteiger partial charge in [-0.25, -0.2) is 4.68 Å². The molecule has 8 nitrogen and oxygen atoms in total. The van der Waals surface area contributed by atoms with E-state index in [9.17, 15) is 10.1 Å². The minimum absolute atomic E-state index is 0.0538. The zero-order valence-corrected chi connectivity index (χ0v) is 18.7. The van der Waals surface area contributed by atoms with Gasteiger partial charge < -0.3 is 14.8 Å². The van der Waals surface area contributed by atoms with Crippen LogP contribution in [0.1, 0.15) is 24.1 Å². The molecule has 0 saturated heterocycles. The Hall–Kier alpha value is -4.17. The van der Waals surface area contributed by atoms with E-state index in [1.165, 1.54) is 12.1 Å². The highest BCUT2D eigenvalue weighted by Gasteiger charge is 2.17. The molecule has 1 aliphatic heterocycles. The number of ether oxygens (including phenoxy) is 2. The molecule has 34 heavy (non-hydrogen) atoms. The van der Waals surface area contributed by atoms with E-state index < -0.39 is 4.92 Å². The molecule has 4 aromatic rings. The number of hydrogen-bond donors (Lipinski definition) is 1. The van der Waals surface area contributed by atoms with Gasteiger partial charge in [0, 0.05) is 42.0 Å². The van der Waals surface area contributed by atoms with E-state index in [-0.39, 0.29) is 11.7 Å². The topological polar surface area (TPSA) is 91.5 Å². The smallest absolute Gasteiger partial charge is 0.269 e. The first-order chi connectivity index (χ1) is 16.6. The monoisotopic (exact) mass is 456 g/mol. The molecule has 0 bridgehead atoms. The van der Waals surface area contributed by atoms with E-state index in [1.807, 2.05) is 59.4 Å². The predicted molar refractivity (Wildman–Crippen MR) is 128 cm³/mol. The van der Waals surface area contributed by atoms with Gasteiger partial charge in [-0.1, -0.05) is 24.3 Å². The van der Waals surface area contributed by atoms with Crippen molar-refractivity contribution < 1.29 is 14.4 Å². The van der Waals surface area contributed by atoms with E-state index in [4.69, 9.17) is 14.6 Å². The molecule has 5 rings (SSSR count). The Labute approximate surface area is 196 Å². The number of rotatable bonds is 7. The van der Waals surface area contributed by atoms with Crippen LogP contribution in [0.4, 0.5) is 5.69 Å². The van der Waals surface area contributed by atoms with Crippen LogP contribution in [0.5, 0.6) is 11.5 Å². The molecule has 0 spiro atoms. The average molecular weight is 457 g/mol. The van der Waals surface area contributed by atoms with Crippen molar-refractivity contribution in [1.82, 2.24) is 15.1 Å². The molecule has 0 amide bonds. The number of nitrogens with zero attached hydrogens (tertiary/aromatic N) is 3. The first-order valence-electron chi connectivity index (χ1n) is 11.1. The number of fused-ring (bicyclic) bond motifs is 1. The molecule has 3 aromatic carbocycles. The molecule has 1 unspecified atom stereocenters. The number of benzene rings is 3. The largest absolute Gasteiger partial charge is 0.486 e. The standard InChI is InChI=1S/C26H24N4O4/c1-18(20-9-12-24-25(15-20)34-14-13-33-24)27-16-21-17-29(22-5-3-2-4-6-22)28-26(21)19-7-10-23(11-8-19)30(31)32/h2-12,15,17-18,27H,13-14,16H2,1H3. The number of nitro benzene ring substituents is 1. The normalized spacial score (nSPS) is 13.4. The van der Waals surface area contributed by atoms with E-state index in [0.717, 1.165) is 39.6 Å². The number of hydrogen-bond acceptors (Lipinski definition) is 6. The summed E-state index contributed by atoms with van der Waals surface area (Å²) in [6, 6.07) is 22.4. The number of non-ortho nitro benzene ring substituents is 1. The van der Waals surface area contributed by atoms with Gasteiger partial charge in [0.25, 0.3) is 5.69 Å². The molecule has 0 fully saturated rings. The van der Waals surface area contributed by atoms with Gasteiger partial charge in [0.1, 0.15) is 13.2 Å². The fourth-order valence-corrected chi connectivity index (χ4v) is 3.95.